The summed E-state index contributed by atoms with van der Waals surface area (Å²) in [5.74, 6) is 0.338. The van der Waals surface area contributed by atoms with Gasteiger partial charge in [-0.25, -0.2) is 4.99 Å². The van der Waals surface area contributed by atoms with E-state index in [2.05, 4.69) is 35.3 Å². The van der Waals surface area contributed by atoms with Crippen LogP contribution >= 0.6 is 34.8 Å². The van der Waals surface area contributed by atoms with Gasteiger partial charge in [0.2, 0.25) is 5.96 Å². The molecule has 0 bridgehead atoms. The van der Waals surface area contributed by atoms with Gasteiger partial charge in [-0.15, -0.1) is 0 Å². The minimum atomic E-state index is 0.277. The topological polar surface area (TPSA) is 41.6 Å². The first-order valence-electron chi connectivity index (χ1n) is 8.22. The molecule has 2 N–H and O–H groups in total. The van der Waals surface area contributed by atoms with Crippen LogP contribution in [0.5, 0.6) is 0 Å². The Kier molecular flexibility index (Phi) is 4.47. The third kappa shape index (κ3) is 2.81. The second-order valence-corrected chi connectivity index (χ2v) is 7.47. The minimum absolute atomic E-state index is 0.277. The van der Waals surface area contributed by atoms with E-state index in [-0.39, 0.29) is 5.02 Å². The Morgan fingerprint density at radius 2 is 1.81 bits per heavy atom. The van der Waals surface area contributed by atoms with Crippen LogP contribution in [0, 0.1) is 0 Å². The molecule has 0 amide bonds. The SMILES string of the molecule is CN(C(N)=Nc1ccc(Cl)c(Cl)c1Cl)c1ccc2cccc3c2c1CC3. The lowest BCUT2D eigenvalue weighted by atomic mass is 10.0. The van der Waals surface area contributed by atoms with E-state index in [1.807, 2.05) is 11.9 Å². The summed E-state index contributed by atoms with van der Waals surface area (Å²) >= 11 is 18.3. The minimum Gasteiger partial charge on any atom is -0.369 e. The number of hydrogen-bond acceptors (Lipinski definition) is 1. The number of hydrogen-bond donors (Lipinski definition) is 1. The van der Waals surface area contributed by atoms with Crippen molar-refractivity contribution in [2.75, 3.05) is 11.9 Å². The van der Waals surface area contributed by atoms with Crippen molar-refractivity contribution < 1.29 is 0 Å². The summed E-state index contributed by atoms with van der Waals surface area (Å²) in [6.45, 7) is 0. The monoisotopic (exact) mass is 403 g/mol. The van der Waals surface area contributed by atoms with Crippen molar-refractivity contribution in [2.24, 2.45) is 10.7 Å². The average Bonchev–Trinajstić information content (AvgIpc) is 3.08. The Balaban J connectivity index is 1.76. The van der Waals surface area contributed by atoms with Crippen LogP contribution in [0.15, 0.2) is 47.5 Å². The highest BCUT2D eigenvalue weighted by Crippen LogP contribution is 2.39. The summed E-state index contributed by atoms with van der Waals surface area (Å²) in [4.78, 5) is 6.34. The van der Waals surface area contributed by atoms with Crippen LogP contribution < -0.4 is 10.6 Å². The molecule has 0 heterocycles. The van der Waals surface area contributed by atoms with Crippen molar-refractivity contribution in [3.63, 3.8) is 0 Å². The van der Waals surface area contributed by atoms with Crippen molar-refractivity contribution in [3.05, 3.63) is 68.7 Å². The maximum atomic E-state index is 6.26. The Morgan fingerprint density at radius 1 is 1.00 bits per heavy atom. The number of benzene rings is 3. The molecule has 0 atom stereocenters. The third-order valence-electron chi connectivity index (χ3n) is 4.81. The molecule has 0 saturated carbocycles. The molecule has 4 rings (SSSR count). The van der Waals surface area contributed by atoms with E-state index in [0.717, 1.165) is 18.5 Å². The molecule has 3 aromatic carbocycles. The van der Waals surface area contributed by atoms with Gasteiger partial charge in [0.25, 0.3) is 0 Å². The van der Waals surface area contributed by atoms with Gasteiger partial charge in [0.15, 0.2) is 0 Å². The summed E-state index contributed by atoms with van der Waals surface area (Å²) in [5, 5.41) is 3.55. The Hall–Kier alpha value is -1.94. The van der Waals surface area contributed by atoms with Crippen LogP contribution in [-0.2, 0) is 12.8 Å². The first-order valence-corrected chi connectivity index (χ1v) is 9.35. The lowest BCUT2D eigenvalue weighted by Crippen LogP contribution is -2.34. The lowest BCUT2D eigenvalue weighted by Gasteiger charge is -2.21. The number of aliphatic imine (C=N–C) groups is 1. The van der Waals surface area contributed by atoms with Crippen molar-refractivity contribution in [2.45, 2.75) is 12.8 Å². The van der Waals surface area contributed by atoms with Gasteiger partial charge < -0.3 is 10.6 Å². The number of anilines is 1. The maximum Gasteiger partial charge on any atom is 0.200 e. The predicted octanol–water partition coefficient (Wildman–Crippen LogP) is 5.98. The van der Waals surface area contributed by atoms with Crippen LogP contribution in [-0.4, -0.2) is 13.0 Å². The van der Waals surface area contributed by atoms with Crippen LogP contribution in [0.3, 0.4) is 0 Å². The zero-order valence-corrected chi connectivity index (χ0v) is 16.3. The highest BCUT2D eigenvalue weighted by atomic mass is 35.5. The largest absolute Gasteiger partial charge is 0.369 e. The molecule has 0 saturated heterocycles. The first kappa shape index (κ1) is 17.5. The van der Waals surface area contributed by atoms with Crippen molar-refractivity contribution in [1.82, 2.24) is 0 Å². The van der Waals surface area contributed by atoms with E-state index in [9.17, 15) is 0 Å². The fourth-order valence-electron chi connectivity index (χ4n) is 3.48. The molecule has 3 nitrogen and oxygen atoms in total. The third-order valence-corrected chi connectivity index (χ3v) is 6.10. The normalized spacial score (nSPS) is 13.5. The van der Waals surface area contributed by atoms with Gasteiger partial charge in [0.05, 0.1) is 20.8 Å². The Labute approximate surface area is 167 Å². The summed E-state index contributed by atoms with van der Waals surface area (Å²) in [6.07, 6.45) is 2.05. The molecule has 0 spiro atoms. The van der Waals surface area contributed by atoms with E-state index in [0.29, 0.717) is 21.7 Å². The average molecular weight is 405 g/mol. The van der Waals surface area contributed by atoms with Gasteiger partial charge in [0, 0.05) is 12.7 Å². The number of guanidine groups is 1. The molecule has 26 heavy (non-hydrogen) atoms. The van der Waals surface area contributed by atoms with Gasteiger partial charge >= 0.3 is 0 Å². The van der Waals surface area contributed by atoms with E-state index in [1.165, 1.54) is 21.9 Å². The van der Waals surface area contributed by atoms with E-state index in [1.54, 1.807) is 12.1 Å². The first-order chi connectivity index (χ1) is 12.5. The van der Waals surface area contributed by atoms with Crippen LogP contribution in [0.1, 0.15) is 11.1 Å². The highest BCUT2D eigenvalue weighted by Gasteiger charge is 2.20. The second-order valence-electron chi connectivity index (χ2n) is 6.30. The summed E-state index contributed by atoms with van der Waals surface area (Å²) in [7, 11) is 1.91. The van der Waals surface area contributed by atoms with Gasteiger partial charge in [-0.05, 0) is 52.9 Å². The highest BCUT2D eigenvalue weighted by molar-refractivity contribution is 6.49. The molecule has 0 aromatic heterocycles. The van der Waals surface area contributed by atoms with E-state index in [4.69, 9.17) is 40.5 Å². The molecule has 0 fully saturated rings. The lowest BCUT2D eigenvalue weighted by molar-refractivity contribution is 1.02. The van der Waals surface area contributed by atoms with Crippen LogP contribution in [0.25, 0.3) is 10.8 Å². The molecule has 6 heteroatoms. The van der Waals surface area contributed by atoms with Gasteiger partial charge in [-0.1, -0.05) is 59.1 Å². The fourth-order valence-corrected chi connectivity index (χ4v) is 4.06. The number of nitrogens with zero attached hydrogens (tertiary/aromatic N) is 2. The van der Waals surface area contributed by atoms with Gasteiger partial charge in [-0.3, -0.25) is 0 Å². The smallest absolute Gasteiger partial charge is 0.200 e. The molecular weight excluding hydrogens is 389 g/mol. The van der Waals surface area contributed by atoms with Crippen LogP contribution in [0.4, 0.5) is 11.4 Å². The summed E-state index contributed by atoms with van der Waals surface area (Å²) < 4.78 is 0. The molecule has 0 aliphatic heterocycles. The molecule has 1 aliphatic carbocycles. The molecule has 0 unspecified atom stereocenters. The van der Waals surface area contributed by atoms with Crippen molar-refractivity contribution in [1.29, 1.82) is 0 Å². The van der Waals surface area contributed by atoms with Crippen molar-refractivity contribution >= 4 is 62.9 Å². The number of halogens is 3. The standard InChI is InChI=1S/C20H16Cl3N3/c1-26(20(24)25-15-9-8-14(21)18(22)19(15)23)16-10-6-12-4-2-3-11-5-7-13(16)17(11)12/h2-4,6,8-10H,5,7H2,1H3,(H2,24,25). The van der Waals surface area contributed by atoms with Gasteiger partial charge in [0.1, 0.15) is 0 Å². The van der Waals surface area contributed by atoms with Gasteiger partial charge in [-0.2, -0.15) is 0 Å². The zero-order valence-electron chi connectivity index (χ0n) is 14.1. The maximum absolute atomic E-state index is 6.26. The quantitative estimate of drug-likeness (QED) is 0.324. The fraction of sp³-hybridized carbons (Fsp3) is 0.150. The van der Waals surface area contributed by atoms with E-state index >= 15 is 0 Å². The molecule has 132 valence electrons. The number of rotatable bonds is 2. The number of aryl methyl sites for hydroxylation is 2. The molecule has 3 aromatic rings. The second kappa shape index (κ2) is 6.66. The van der Waals surface area contributed by atoms with E-state index < -0.39 is 0 Å². The Bertz CT molecular complexity index is 1060. The van der Waals surface area contributed by atoms with Crippen LogP contribution in [0.2, 0.25) is 15.1 Å². The van der Waals surface area contributed by atoms with Crippen molar-refractivity contribution in [3.8, 4) is 0 Å². The molecule has 0 radical (unpaired) electrons. The molecular formula is C20H16Cl3N3. The summed E-state index contributed by atoms with van der Waals surface area (Å²) in [6, 6.07) is 14.0. The predicted molar refractivity (Wildman–Crippen MR) is 113 cm³/mol. The Morgan fingerprint density at radius 3 is 2.62 bits per heavy atom. The zero-order chi connectivity index (χ0) is 18.4. The summed E-state index contributed by atoms with van der Waals surface area (Å²) in [5.41, 5.74) is 10.5. The molecule has 1 aliphatic rings. The number of nitrogens with two attached hydrogens (primary N) is 1.